The minimum absolute atomic E-state index is 0.163. The Morgan fingerprint density at radius 2 is 1.75 bits per heavy atom. The minimum Gasteiger partial charge on any atom is -0.492 e. The molecule has 3 aromatic rings. The van der Waals surface area contributed by atoms with Gasteiger partial charge in [-0.15, -0.1) is 0 Å². The molecule has 0 atom stereocenters. The van der Waals surface area contributed by atoms with E-state index >= 15 is 0 Å². The molecule has 1 aliphatic rings. The van der Waals surface area contributed by atoms with Gasteiger partial charge in [-0.25, -0.2) is 9.18 Å². The Morgan fingerprint density at radius 1 is 1.00 bits per heavy atom. The normalized spacial score (nSPS) is 15.1. The van der Waals surface area contributed by atoms with Crippen molar-refractivity contribution in [3.63, 3.8) is 0 Å². The summed E-state index contributed by atoms with van der Waals surface area (Å²) in [4.78, 5) is 16.1. The highest BCUT2D eigenvalue weighted by Crippen LogP contribution is 2.23. The number of rotatable bonds is 6. The molecule has 0 N–H and O–H groups in total. The molecule has 0 saturated carbocycles. The quantitative estimate of drug-likeness (QED) is 0.482. The number of hydrogen-bond acceptors (Lipinski definition) is 5. The number of hydrogen-bond donors (Lipinski definition) is 0. The van der Waals surface area contributed by atoms with Gasteiger partial charge in [-0.1, -0.05) is 24.3 Å². The van der Waals surface area contributed by atoms with E-state index in [9.17, 15) is 9.18 Å². The van der Waals surface area contributed by atoms with Crippen LogP contribution in [0, 0.1) is 5.82 Å². The topological polar surface area (TPSA) is 45.9 Å². The van der Waals surface area contributed by atoms with Crippen LogP contribution in [0.3, 0.4) is 0 Å². The summed E-state index contributed by atoms with van der Waals surface area (Å²) in [7, 11) is 0. The lowest BCUT2D eigenvalue weighted by atomic mass is 10.2. The lowest BCUT2D eigenvalue weighted by Crippen LogP contribution is -2.47. The minimum atomic E-state index is -0.405. The molecule has 0 amide bonds. The highest BCUT2D eigenvalue weighted by molar-refractivity contribution is 5.82. The third kappa shape index (κ3) is 4.17. The van der Waals surface area contributed by atoms with Gasteiger partial charge < -0.3 is 14.1 Å². The first-order valence-electron chi connectivity index (χ1n) is 9.58. The molecule has 28 heavy (non-hydrogen) atoms. The number of para-hydroxylation sites is 2. The zero-order valence-electron chi connectivity index (χ0n) is 15.6. The fourth-order valence-corrected chi connectivity index (χ4v) is 3.59. The molecule has 2 heterocycles. The smallest absolute Gasteiger partial charge is 0.339 e. The van der Waals surface area contributed by atoms with E-state index in [1.54, 1.807) is 12.1 Å². The maximum absolute atomic E-state index is 13.9. The summed E-state index contributed by atoms with van der Waals surface area (Å²) in [5.74, 6) is 0.403. The number of nitrogens with zero attached hydrogens (tertiary/aromatic N) is 2. The van der Waals surface area contributed by atoms with Crippen molar-refractivity contribution < 1.29 is 13.5 Å². The summed E-state index contributed by atoms with van der Waals surface area (Å²) in [5, 5.41) is 0.806. The molecule has 2 aromatic carbocycles. The third-order valence-corrected chi connectivity index (χ3v) is 5.05. The van der Waals surface area contributed by atoms with Gasteiger partial charge in [0.25, 0.3) is 0 Å². The molecule has 0 bridgehead atoms. The van der Waals surface area contributed by atoms with E-state index in [1.807, 2.05) is 30.3 Å². The molecule has 1 aliphatic heterocycles. The van der Waals surface area contributed by atoms with Crippen molar-refractivity contribution in [2.24, 2.45) is 0 Å². The lowest BCUT2D eigenvalue weighted by Gasteiger charge is -2.36. The average molecular weight is 382 g/mol. The molecule has 146 valence electrons. The average Bonchev–Trinajstić information content (AvgIpc) is 2.72. The Kier molecular flexibility index (Phi) is 5.58. The van der Waals surface area contributed by atoms with Gasteiger partial charge in [0.1, 0.15) is 17.1 Å². The van der Waals surface area contributed by atoms with Gasteiger partial charge in [-0.2, -0.15) is 0 Å². The molecule has 1 fully saturated rings. The molecule has 6 heteroatoms. The molecule has 0 aliphatic carbocycles. The zero-order valence-corrected chi connectivity index (χ0v) is 15.6. The van der Waals surface area contributed by atoms with Crippen LogP contribution in [0.4, 0.5) is 10.1 Å². The highest BCUT2D eigenvalue weighted by Gasteiger charge is 2.18. The third-order valence-electron chi connectivity index (χ3n) is 5.05. The van der Waals surface area contributed by atoms with Crippen LogP contribution in [-0.2, 0) is 0 Å². The van der Waals surface area contributed by atoms with Crippen molar-refractivity contribution in [1.29, 1.82) is 0 Å². The van der Waals surface area contributed by atoms with Crippen LogP contribution in [0.5, 0.6) is 5.75 Å². The van der Waals surface area contributed by atoms with Gasteiger partial charge in [0.05, 0.1) is 23.7 Å². The van der Waals surface area contributed by atoms with Crippen LogP contribution in [0.15, 0.2) is 63.8 Å². The van der Waals surface area contributed by atoms with Crippen LogP contribution >= 0.6 is 0 Å². The second kappa shape index (κ2) is 8.44. The Morgan fingerprint density at radius 3 is 2.57 bits per heavy atom. The Labute approximate surface area is 162 Å². The summed E-state index contributed by atoms with van der Waals surface area (Å²) < 4.78 is 25.0. The standard InChI is InChI=1S/C22H23FN2O3/c23-18-7-2-3-8-19(18)25-13-11-24(12-14-25)10-5-15-27-21-16-22(26)28-20-9-4-1-6-17(20)21/h1-4,6-9,16H,5,10-15H2. The van der Waals surface area contributed by atoms with Gasteiger partial charge in [-0.05, 0) is 30.7 Å². The molecular weight excluding hydrogens is 359 g/mol. The first kappa shape index (κ1) is 18.5. The van der Waals surface area contributed by atoms with Crippen LogP contribution in [0.25, 0.3) is 11.0 Å². The Hall–Kier alpha value is -2.86. The van der Waals surface area contributed by atoms with E-state index in [2.05, 4.69) is 9.80 Å². The molecule has 5 nitrogen and oxygen atoms in total. The summed E-state index contributed by atoms with van der Waals surface area (Å²) in [5.41, 5.74) is 0.813. The molecule has 1 saturated heterocycles. The number of halogens is 1. The molecular formula is C22H23FN2O3. The number of benzene rings is 2. The van der Waals surface area contributed by atoms with Gasteiger partial charge in [0, 0.05) is 32.7 Å². The number of anilines is 1. The van der Waals surface area contributed by atoms with Crippen LogP contribution < -0.4 is 15.3 Å². The van der Waals surface area contributed by atoms with E-state index in [0.717, 1.165) is 44.5 Å². The molecule has 0 unspecified atom stereocenters. The Balaban J connectivity index is 1.26. The lowest BCUT2D eigenvalue weighted by molar-refractivity contribution is 0.225. The van der Waals surface area contributed by atoms with Gasteiger partial charge in [0.15, 0.2) is 0 Å². The Bertz CT molecular complexity index is 996. The van der Waals surface area contributed by atoms with Crippen LogP contribution in [0.2, 0.25) is 0 Å². The van der Waals surface area contributed by atoms with E-state index in [-0.39, 0.29) is 5.82 Å². The van der Waals surface area contributed by atoms with Gasteiger partial charge in [-0.3, -0.25) is 4.90 Å². The summed E-state index contributed by atoms with van der Waals surface area (Å²) in [6.07, 6.45) is 0.855. The second-order valence-electron chi connectivity index (χ2n) is 6.91. The largest absolute Gasteiger partial charge is 0.492 e. The monoisotopic (exact) mass is 382 g/mol. The predicted molar refractivity (Wildman–Crippen MR) is 108 cm³/mol. The summed E-state index contributed by atoms with van der Waals surface area (Å²) >= 11 is 0. The summed E-state index contributed by atoms with van der Waals surface area (Å²) in [6, 6.07) is 15.7. The van der Waals surface area contributed by atoms with E-state index in [0.29, 0.717) is 23.6 Å². The summed E-state index contributed by atoms with van der Waals surface area (Å²) in [6.45, 7) is 4.85. The molecule has 0 radical (unpaired) electrons. The fourth-order valence-electron chi connectivity index (χ4n) is 3.59. The maximum Gasteiger partial charge on any atom is 0.339 e. The highest BCUT2D eigenvalue weighted by atomic mass is 19.1. The first-order valence-corrected chi connectivity index (χ1v) is 9.58. The molecule has 0 spiro atoms. The van der Waals surface area contributed by atoms with Crippen molar-refractivity contribution in [3.8, 4) is 5.75 Å². The van der Waals surface area contributed by atoms with Crippen LogP contribution in [0.1, 0.15) is 6.42 Å². The maximum atomic E-state index is 13.9. The predicted octanol–water partition coefficient (Wildman–Crippen LogP) is 3.52. The zero-order chi connectivity index (χ0) is 19.3. The number of piperazine rings is 1. The van der Waals surface area contributed by atoms with Gasteiger partial charge >= 0.3 is 5.63 Å². The van der Waals surface area contributed by atoms with Crippen LogP contribution in [-0.4, -0.2) is 44.2 Å². The second-order valence-corrected chi connectivity index (χ2v) is 6.91. The number of fused-ring (bicyclic) bond motifs is 1. The fraction of sp³-hybridized carbons (Fsp3) is 0.318. The van der Waals surface area contributed by atoms with E-state index in [1.165, 1.54) is 12.1 Å². The molecule has 4 rings (SSSR count). The van der Waals surface area contributed by atoms with Crippen molar-refractivity contribution in [2.45, 2.75) is 6.42 Å². The van der Waals surface area contributed by atoms with E-state index < -0.39 is 5.63 Å². The molecule has 1 aromatic heterocycles. The number of ether oxygens (including phenoxy) is 1. The van der Waals surface area contributed by atoms with Crippen molar-refractivity contribution in [1.82, 2.24) is 4.90 Å². The van der Waals surface area contributed by atoms with Crippen molar-refractivity contribution in [3.05, 3.63) is 70.8 Å². The van der Waals surface area contributed by atoms with Crippen molar-refractivity contribution >= 4 is 16.7 Å². The van der Waals surface area contributed by atoms with Crippen molar-refractivity contribution in [2.75, 3.05) is 44.2 Å². The first-order chi connectivity index (χ1) is 13.7. The van der Waals surface area contributed by atoms with E-state index in [4.69, 9.17) is 9.15 Å². The van der Waals surface area contributed by atoms with Gasteiger partial charge in [0.2, 0.25) is 0 Å². The SMILES string of the molecule is O=c1cc(OCCCN2CCN(c3ccccc3F)CC2)c2ccccc2o1.